The molecule has 2 unspecified atom stereocenters. The predicted octanol–water partition coefficient (Wildman–Crippen LogP) is 2.13. The summed E-state index contributed by atoms with van der Waals surface area (Å²) in [4.78, 5) is 16.1. The summed E-state index contributed by atoms with van der Waals surface area (Å²) in [6.07, 6.45) is 2.85. The second-order valence-corrected chi connectivity index (χ2v) is 8.13. The number of sulfonamides is 1. The normalized spacial score (nSPS) is 26.8. The zero-order valence-electron chi connectivity index (χ0n) is 12.9. The molecule has 9 heteroatoms. The molecule has 0 bridgehead atoms. The van der Waals surface area contributed by atoms with Crippen LogP contribution >= 0.6 is 0 Å². The highest BCUT2D eigenvalue weighted by atomic mass is 32.2. The number of aromatic nitrogens is 1. The highest BCUT2D eigenvalue weighted by Gasteiger charge is 2.49. The van der Waals surface area contributed by atoms with Gasteiger partial charge in [-0.2, -0.15) is 0 Å². The zero-order chi connectivity index (χ0) is 17.5. The van der Waals surface area contributed by atoms with Gasteiger partial charge in [0, 0.05) is 36.7 Å². The molecule has 1 aromatic rings. The number of amides is 1. The van der Waals surface area contributed by atoms with Gasteiger partial charge in [0.2, 0.25) is 11.8 Å². The number of pyridine rings is 1. The zero-order valence-corrected chi connectivity index (χ0v) is 13.7. The lowest BCUT2D eigenvalue weighted by atomic mass is 9.74. The molecule has 24 heavy (non-hydrogen) atoms. The number of alkyl halides is 2. The number of primary sulfonamides is 1. The number of nitrogens with two attached hydrogens (primary N) is 1. The van der Waals surface area contributed by atoms with Gasteiger partial charge in [-0.1, -0.05) is 0 Å². The Morgan fingerprint density at radius 3 is 2.67 bits per heavy atom. The van der Waals surface area contributed by atoms with E-state index in [-0.39, 0.29) is 23.1 Å². The van der Waals surface area contributed by atoms with Crippen LogP contribution in [-0.2, 0) is 14.8 Å². The Kier molecular flexibility index (Phi) is 4.33. The predicted molar refractivity (Wildman–Crippen MR) is 82.7 cm³/mol. The average Bonchev–Trinajstić information content (AvgIpc) is 3.30. The summed E-state index contributed by atoms with van der Waals surface area (Å²) >= 11 is 0. The van der Waals surface area contributed by atoms with Crippen molar-refractivity contribution in [1.29, 1.82) is 0 Å². The summed E-state index contributed by atoms with van der Waals surface area (Å²) < 4.78 is 50.1. The van der Waals surface area contributed by atoms with Crippen LogP contribution in [0.3, 0.4) is 0 Å². The van der Waals surface area contributed by atoms with Crippen LogP contribution < -0.4 is 10.5 Å². The second kappa shape index (κ2) is 6.03. The fourth-order valence-corrected chi connectivity index (χ4v) is 3.91. The quantitative estimate of drug-likeness (QED) is 0.859. The Hall–Kier alpha value is -1.61. The summed E-state index contributed by atoms with van der Waals surface area (Å²) in [6, 6.07) is 2.53. The molecule has 3 rings (SSSR count). The molecule has 0 spiro atoms. The molecule has 1 amide bonds. The highest BCUT2D eigenvalue weighted by Crippen LogP contribution is 2.50. The van der Waals surface area contributed by atoms with Crippen molar-refractivity contribution in [3.8, 4) is 0 Å². The first-order valence-electron chi connectivity index (χ1n) is 7.83. The van der Waals surface area contributed by atoms with Crippen molar-refractivity contribution in [2.45, 2.75) is 43.1 Å². The maximum absolute atomic E-state index is 13.7. The molecular formula is C15H19F2N3O3S. The van der Waals surface area contributed by atoms with Crippen LogP contribution in [0.2, 0.25) is 0 Å². The van der Waals surface area contributed by atoms with Crippen LogP contribution in [0.25, 0.3) is 0 Å². The van der Waals surface area contributed by atoms with E-state index in [1.165, 1.54) is 12.3 Å². The van der Waals surface area contributed by atoms with Gasteiger partial charge in [0.15, 0.2) is 5.03 Å². The third-order valence-electron chi connectivity index (χ3n) is 4.74. The molecule has 2 fully saturated rings. The minimum Gasteiger partial charge on any atom is -0.326 e. The Bertz CT molecular complexity index is 750. The number of halogens is 2. The highest BCUT2D eigenvalue weighted by molar-refractivity contribution is 7.89. The van der Waals surface area contributed by atoms with E-state index in [1.54, 1.807) is 0 Å². The summed E-state index contributed by atoms with van der Waals surface area (Å²) in [7, 11) is -4.00. The van der Waals surface area contributed by atoms with Crippen molar-refractivity contribution >= 4 is 21.6 Å². The molecule has 3 N–H and O–H groups in total. The summed E-state index contributed by atoms with van der Waals surface area (Å²) in [5.41, 5.74) is 0.183. The first kappa shape index (κ1) is 17.2. The topological polar surface area (TPSA) is 102 Å². The maximum atomic E-state index is 13.7. The van der Waals surface area contributed by atoms with Crippen molar-refractivity contribution in [2.75, 3.05) is 5.32 Å². The molecule has 0 aromatic carbocycles. The molecular weight excluding hydrogens is 340 g/mol. The number of carbonyl (C=O) groups is 1. The number of anilines is 1. The van der Waals surface area contributed by atoms with Gasteiger partial charge in [-0.25, -0.2) is 27.3 Å². The summed E-state index contributed by atoms with van der Waals surface area (Å²) in [6.45, 7) is 0. The van der Waals surface area contributed by atoms with E-state index in [0.29, 0.717) is 12.3 Å². The van der Waals surface area contributed by atoms with Gasteiger partial charge in [-0.05, 0) is 37.2 Å². The van der Waals surface area contributed by atoms with Gasteiger partial charge in [0.25, 0.3) is 10.0 Å². The molecule has 2 atom stereocenters. The van der Waals surface area contributed by atoms with Crippen LogP contribution in [0, 0.1) is 17.8 Å². The maximum Gasteiger partial charge on any atom is 0.255 e. The van der Waals surface area contributed by atoms with Crippen molar-refractivity contribution in [1.82, 2.24) is 4.98 Å². The van der Waals surface area contributed by atoms with Gasteiger partial charge < -0.3 is 5.32 Å². The molecule has 2 saturated carbocycles. The molecule has 2 aliphatic rings. The fraction of sp³-hybridized carbons (Fsp3) is 0.600. The monoisotopic (exact) mass is 359 g/mol. The van der Waals surface area contributed by atoms with Crippen LogP contribution in [0.15, 0.2) is 23.4 Å². The first-order chi connectivity index (χ1) is 11.2. The number of hydrogen-bond acceptors (Lipinski definition) is 4. The second-order valence-electron chi connectivity index (χ2n) is 6.62. The number of nitrogens with zero attached hydrogens (tertiary/aromatic N) is 1. The van der Waals surface area contributed by atoms with Gasteiger partial charge in [0.05, 0.1) is 0 Å². The number of rotatable bonds is 4. The average molecular weight is 359 g/mol. The van der Waals surface area contributed by atoms with Crippen molar-refractivity contribution in [3.05, 3.63) is 18.3 Å². The molecule has 2 aliphatic carbocycles. The van der Waals surface area contributed by atoms with E-state index >= 15 is 0 Å². The minimum atomic E-state index is -4.00. The van der Waals surface area contributed by atoms with Gasteiger partial charge >= 0.3 is 0 Å². The van der Waals surface area contributed by atoms with Crippen molar-refractivity contribution < 1.29 is 22.0 Å². The van der Waals surface area contributed by atoms with Gasteiger partial charge in [-0.15, -0.1) is 0 Å². The van der Waals surface area contributed by atoms with E-state index in [2.05, 4.69) is 10.3 Å². The van der Waals surface area contributed by atoms with E-state index in [9.17, 15) is 22.0 Å². The van der Waals surface area contributed by atoms with Gasteiger partial charge in [0.1, 0.15) is 0 Å². The lowest BCUT2D eigenvalue weighted by molar-refractivity contribution is -0.132. The van der Waals surface area contributed by atoms with E-state index in [0.717, 1.165) is 18.9 Å². The number of carbonyl (C=O) groups excluding carboxylic acids is 1. The summed E-state index contributed by atoms with van der Waals surface area (Å²) in [5, 5.41) is 7.16. The largest absolute Gasteiger partial charge is 0.326 e. The lowest BCUT2D eigenvalue weighted by Gasteiger charge is -2.35. The Labute approximate surface area is 138 Å². The van der Waals surface area contributed by atoms with E-state index in [1.807, 2.05) is 0 Å². The third-order valence-corrected chi connectivity index (χ3v) is 5.54. The molecule has 0 aliphatic heterocycles. The SMILES string of the molecule is NS(=O)(=O)c1cc(NC(=O)C2CC(F)(F)CCC2C2CC2)ccn1. The molecule has 0 saturated heterocycles. The molecule has 1 aromatic heterocycles. The smallest absolute Gasteiger partial charge is 0.255 e. The minimum absolute atomic E-state index is 0.0378. The van der Waals surface area contributed by atoms with Crippen LogP contribution in [0.5, 0.6) is 0 Å². The van der Waals surface area contributed by atoms with E-state index < -0.39 is 34.2 Å². The Morgan fingerprint density at radius 1 is 1.33 bits per heavy atom. The van der Waals surface area contributed by atoms with Gasteiger partial charge in [-0.3, -0.25) is 4.79 Å². The summed E-state index contributed by atoms with van der Waals surface area (Å²) in [5.74, 6) is -3.80. The first-order valence-corrected chi connectivity index (χ1v) is 9.38. The standard InChI is InChI=1S/C15H19F2N3O3S/c16-15(17)5-3-11(9-1-2-9)12(8-15)14(21)20-10-4-6-19-13(7-10)24(18,22)23/h4,6-7,9,11-12H,1-3,5,8H2,(H2,18,22,23)(H,19,20,21). The van der Waals surface area contributed by atoms with E-state index in [4.69, 9.17) is 5.14 Å². The fourth-order valence-electron chi connectivity index (χ4n) is 3.41. The lowest BCUT2D eigenvalue weighted by Crippen LogP contribution is -2.40. The Balaban J connectivity index is 1.77. The van der Waals surface area contributed by atoms with Crippen LogP contribution in [-0.4, -0.2) is 25.2 Å². The number of nitrogens with one attached hydrogen (secondary N) is 1. The van der Waals surface area contributed by atoms with Crippen molar-refractivity contribution in [3.63, 3.8) is 0 Å². The Morgan fingerprint density at radius 2 is 2.04 bits per heavy atom. The van der Waals surface area contributed by atoms with Crippen LogP contribution in [0.1, 0.15) is 32.1 Å². The molecule has 132 valence electrons. The third kappa shape index (κ3) is 3.89. The van der Waals surface area contributed by atoms with Crippen molar-refractivity contribution in [2.24, 2.45) is 22.9 Å². The molecule has 1 heterocycles. The molecule has 0 radical (unpaired) electrons. The number of hydrogen-bond donors (Lipinski definition) is 2. The van der Waals surface area contributed by atoms with Crippen LogP contribution in [0.4, 0.5) is 14.5 Å². The molecule has 6 nitrogen and oxygen atoms in total.